The molecule has 17 heteroatoms. The molecule has 0 aromatic rings. The van der Waals surface area contributed by atoms with E-state index in [0.717, 1.165) is 17.6 Å². The van der Waals surface area contributed by atoms with Crippen molar-refractivity contribution >= 4 is 17.5 Å². The van der Waals surface area contributed by atoms with Crippen molar-refractivity contribution in [1.29, 1.82) is 0 Å². The number of aliphatic hydroxyl groups is 8. The van der Waals surface area contributed by atoms with Crippen LogP contribution in [-0.4, -0.2) is 162 Å². The van der Waals surface area contributed by atoms with Gasteiger partial charge in [-0.1, -0.05) is 20.4 Å². The third kappa shape index (κ3) is 5.84. The van der Waals surface area contributed by atoms with E-state index in [9.17, 15) is 55.2 Å². The Bertz CT molecular complexity index is 2340. The maximum Gasteiger partial charge on any atom is 0.331 e. The van der Waals surface area contributed by atoms with E-state index in [1.165, 1.54) is 6.08 Å². The van der Waals surface area contributed by atoms with Crippen molar-refractivity contribution < 1.29 is 83.7 Å². The summed E-state index contributed by atoms with van der Waals surface area (Å²) < 4.78 is 35.5. The van der Waals surface area contributed by atoms with Crippen LogP contribution in [0.25, 0.3) is 0 Å². The largest absolute Gasteiger partial charge is 0.490 e. The predicted molar refractivity (Wildman–Crippen MR) is 241 cm³/mol. The van der Waals surface area contributed by atoms with Gasteiger partial charge in [0.2, 0.25) is 0 Å². The van der Waals surface area contributed by atoms with E-state index < -0.39 is 99.9 Å². The molecule has 70 heavy (non-hydrogen) atoms. The van der Waals surface area contributed by atoms with Gasteiger partial charge in [-0.2, -0.15) is 0 Å². The molecule has 0 amide bonds. The van der Waals surface area contributed by atoms with Crippen LogP contribution < -0.4 is 0 Å². The Hall–Kier alpha value is -2.65. The normalized spacial score (nSPS) is 57.8. The smallest absolute Gasteiger partial charge is 0.331 e. The van der Waals surface area contributed by atoms with Crippen LogP contribution in [0.3, 0.4) is 0 Å². The van der Waals surface area contributed by atoms with E-state index >= 15 is 0 Å². The number of allylic oxidation sites excluding steroid dienone is 1. The molecule has 11 fully saturated rings. The van der Waals surface area contributed by atoms with Crippen molar-refractivity contribution in [2.45, 2.75) is 195 Å². The summed E-state index contributed by atoms with van der Waals surface area (Å²) in [6, 6.07) is 0. The van der Waals surface area contributed by atoms with Crippen LogP contribution in [0, 0.1) is 57.2 Å². The van der Waals surface area contributed by atoms with Crippen molar-refractivity contribution in [3.05, 3.63) is 35.6 Å². The zero-order valence-corrected chi connectivity index (χ0v) is 40.7. The first-order valence-corrected chi connectivity index (χ1v) is 26.1. The number of esters is 1. The van der Waals surface area contributed by atoms with E-state index in [2.05, 4.69) is 20.4 Å². The number of hydrogen-bond acceptors (Lipinski definition) is 17. The maximum atomic E-state index is 14.2. The van der Waals surface area contributed by atoms with E-state index in [1.54, 1.807) is 6.92 Å². The molecule has 386 valence electrons. The van der Waals surface area contributed by atoms with Crippen LogP contribution in [-0.2, 0) is 42.8 Å². The lowest BCUT2D eigenvalue weighted by atomic mass is 9.41. The Morgan fingerprint density at radius 3 is 1.71 bits per heavy atom. The Morgan fingerprint density at radius 2 is 1.20 bits per heavy atom. The molecule has 5 heterocycles. The summed E-state index contributed by atoms with van der Waals surface area (Å²) in [5.41, 5.74) is -6.27. The second-order valence-corrected chi connectivity index (χ2v) is 24.9. The number of Topliss-reactive ketones (excluding diaryl/α,β-unsaturated/α-hetero) is 2. The number of ketones is 2. The lowest BCUT2D eigenvalue weighted by Crippen LogP contribution is -2.75. The van der Waals surface area contributed by atoms with Gasteiger partial charge >= 0.3 is 5.97 Å². The van der Waals surface area contributed by atoms with Gasteiger partial charge in [-0.15, -0.1) is 0 Å². The molecule has 5 aliphatic heterocycles. The highest BCUT2D eigenvalue weighted by molar-refractivity contribution is 5.95. The Morgan fingerprint density at radius 1 is 0.671 bits per heavy atom. The summed E-state index contributed by atoms with van der Waals surface area (Å²) in [5.74, 6) is -1.88. The van der Waals surface area contributed by atoms with Crippen molar-refractivity contribution in [1.82, 2.24) is 0 Å². The van der Waals surface area contributed by atoms with E-state index in [1.807, 2.05) is 13.0 Å². The average molecular weight is 981 g/mol. The van der Waals surface area contributed by atoms with E-state index in [-0.39, 0.29) is 78.1 Å². The SMILES string of the molecule is C=C1C=C([C@H]2CC[C@]3(O)[C@]45O[C@H]4C[C@@H]4C[C@@H](OC6CC(O)C(O)C(CO)O6)CC[C@]4(C)[C@H]5[C@@H](O)C(=O)[C@]23C)CO1.C[C@]12CC[C@H](O)C[C@H]1C[C@@H]1O[C@]13[C@@H]2[C@@H](O)C(=O)[C@]1(C)[C@@H](C2=CC(=O)OC2)CC[C@]31O. The van der Waals surface area contributed by atoms with Crippen LogP contribution in [0.1, 0.15) is 111 Å². The summed E-state index contributed by atoms with van der Waals surface area (Å²) in [6.07, 6.45) is 3.47. The third-order valence-electron chi connectivity index (χ3n) is 22.4. The number of rotatable bonds is 5. The van der Waals surface area contributed by atoms with Gasteiger partial charge in [-0.05, 0) is 143 Å². The van der Waals surface area contributed by atoms with E-state index in [0.29, 0.717) is 83.0 Å². The Labute approximate surface area is 407 Å². The summed E-state index contributed by atoms with van der Waals surface area (Å²) in [4.78, 5) is 39.7. The Balaban J connectivity index is 0.000000150. The fourth-order valence-electron chi connectivity index (χ4n) is 18.8. The van der Waals surface area contributed by atoms with Crippen molar-refractivity contribution in [3.63, 3.8) is 0 Å². The van der Waals surface area contributed by atoms with Gasteiger partial charge in [-0.25, -0.2) is 4.79 Å². The molecule has 4 unspecified atom stereocenters. The van der Waals surface area contributed by atoms with Crippen molar-refractivity contribution in [2.75, 3.05) is 19.8 Å². The second-order valence-electron chi connectivity index (χ2n) is 24.9. The molecule has 8 N–H and O–H groups in total. The molecule has 8 aliphatic carbocycles. The van der Waals surface area contributed by atoms with Gasteiger partial charge < -0.3 is 69.3 Å². The highest BCUT2D eigenvalue weighted by Gasteiger charge is 2.90. The molecule has 24 atom stereocenters. The van der Waals surface area contributed by atoms with E-state index in [4.69, 9.17) is 28.4 Å². The van der Waals surface area contributed by atoms with Crippen molar-refractivity contribution in [2.24, 2.45) is 57.2 Å². The minimum absolute atomic E-state index is 0.0893. The minimum atomic E-state index is -1.40. The molecule has 2 spiro atoms. The predicted octanol–water partition coefficient (Wildman–Crippen LogP) is 1.61. The fourth-order valence-corrected chi connectivity index (χ4v) is 18.8. The monoisotopic (exact) mass is 980 g/mol. The second kappa shape index (κ2) is 15.5. The number of epoxide rings is 2. The molecule has 8 saturated carbocycles. The molecule has 0 bridgehead atoms. The number of fused-ring (bicyclic) bond motifs is 6. The number of carbonyl (C=O) groups is 3. The zero-order chi connectivity index (χ0) is 49.7. The summed E-state index contributed by atoms with van der Waals surface area (Å²) in [5, 5.41) is 88.1. The maximum absolute atomic E-state index is 14.2. The minimum Gasteiger partial charge on any atom is -0.490 e. The standard InChI is InChI=1S/C30H42O10.C23H30O7/c1-14-8-15(13-37-14)18-5-7-29(36)28(18,3)26(35)24(34)25-27(2)6-4-17(9-16(27)10-21-30(25,29)40-21)38-22-11-19(32)23(33)20(12-31)39-22;1-20-5-3-13(24)8-12(20)9-15-23(30-15)18(20)17(26)19(27)21(2)14(4-6-22(21,23)28)11-7-16(25)29-10-11/h8,16-25,31-34,36H,1,4-7,9-13H2,2-3H3;7,12-15,17-18,24,26,28H,3-6,8-10H2,1-2H3/t16-,17-,18+,19?,20?,21-,22?,23?,24+,25+,27-,28-,29+,30-;12-,13-,14+,15-,17+,18+,20-,21-,22+,23-/m00/s1. The highest BCUT2D eigenvalue weighted by Crippen LogP contribution is 2.79. The van der Waals surface area contributed by atoms with Crippen LogP contribution in [0.4, 0.5) is 0 Å². The summed E-state index contributed by atoms with van der Waals surface area (Å²) in [6.45, 7) is 11.7. The highest BCUT2D eigenvalue weighted by atomic mass is 16.7. The van der Waals surface area contributed by atoms with Gasteiger partial charge in [0.15, 0.2) is 17.9 Å². The van der Waals surface area contributed by atoms with Crippen LogP contribution in [0.15, 0.2) is 35.6 Å². The molecule has 17 nitrogen and oxygen atoms in total. The van der Waals surface area contributed by atoms with Gasteiger partial charge in [0, 0.05) is 24.3 Å². The van der Waals surface area contributed by atoms with Gasteiger partial charge in [0.1, 0.15) is 65.8 Å². The number of ether oxygens (including phenoxy) is 6. The Kier molecular flexibility index (Phi) is 10.7. The first kappa shape index (κ1) is 48.3. The fraction of sp³-hybridized carbons (Fsp3) is 0.830. The summed E-state index contributed by atoms with van der Waals surface area (Å²) in [7, 11) is 0. The quantitative estimate of drug-likeness (QED) is 0.110. The zero-order valence-electron chi connectivity index (χ0n) is 40.7. The van der Waals surface area contributed by atoms with Crippen molar-refractivity contribution in [3.8, 4) is 0 Å². The average Bonchev–Trinajstić information content (AvgIpc) is 3.98. The van der Waals surface area contributed by atoms with Gasteiger partial charge in [0.05, 0.1) is 48.0 Å². The number of carbonyl (C=O) groups excluding carboxylic acids is 3. The third-order valence-corrected chi connectivity index (χ3v) is 22.4. The van der Waals surface area contributed by atoms with Crippen LogP contribution in [0.2, 0.25) is 0 Å². The molecule has 3 saturated heterocycles. The molecule has 13 aliphatic rings. The number of hydrogen-bond donors (Lipinski definition) is 8. The lowest BCUT2D eigenvalue weighted by molar-refractivity contribution is -0.278. The number of aliphatic hydroxyl groups excluding tert-OH is 6. The molecule has 13 rings (SSSR count). The lowest BCUT2D eigenvalue weighted by Gasteiger charge is -2.62. The molecular weight excluding hydrogens is 909 g/mol. The first-order chi connectivity index (χ1) is 33.0. The molecule has 0 aromatic heterocycles. The molecular formula is C53H72O17. The molecule has 0 aromatic carbocycles. The van der Waals surface area contributed by atoms with Crippen LogP contribution >= 0.6 is 0 Å². The topological polar surface area (TPSA) is 275 Å². The number of cyclic esters (lactones) is 1. The summed E-state index contributed by atoms with van der Waals surface area (Å²) >= 11 is 0. The van der Waals surface area contributed by atoms with Gasteiger partial charge in [-0.3, -0.25) is 9.59 Å². The molecule has 0 radical (unpaired) electrons. The van der Waals surface area contributed by atoms with Gasteiger partial charge in [0.25, 0.3) is 0 Å². The first-order valence-electron chi connectivity index (χ1n) is 26.1. The van der Waals surface area contributed by atoms with Crippen LogP contribution in [0.5, 0.6) is 0 Å².